The summed E-state index contributed by atoms with van der Waals surface area (Å²) in [7, 11) is 0. The van der Waals surface area contributed by atoms with Crippen LogP contribution in [0.2, 0.25) is 0 Å². The van der Waals surface area contributed by atoms with Gasteiger partial charge in [-0.25, -0.2) is 0 Å². The minimum absolute atomic E-state index is 0.128. The van der Waals surface area contributed by atoms with E-state index in [9.17, 15) is 9.59 Å². The number of ether oxygens (including phenoxy) is 2. The lowest BCUT2D eigenvalue weighted by Gasteiger charge is -2.07. The number of esters is 1. The van der Waals surface area contributed by atoms with Gasteiger partial charge in [-0.05, 0) is 49.1 Å². The number of benzene rings is 2. The second kappa shape index (κ2) is 12.3. The maximum absolute atomic E-state index is 12.0. The first-order valence-corrected chi connectivity index (χ1v) is 9.50. The molecule has 0 aliphatic rings. The van der Waals surface area contributed by atoms with E-state index in [1.165, 1.54) is 5.56 Å². The number of aryl methyl sites for hydroxylation is 1. The lowest BCUT2D eigenvalue weighted by atomic mass is 10.1. The minimum Gasteiger partial charge on any atom is -0.490 e. The third-order valence-corrected chi connectivity index (χ3v) is 4.01. The predicted octanol–water partition coefficient (Wildman–Crippen LogP) is 4.54. The van der Waals surface area contributed by atoms with Gasteiger partial charge in [-0.1, -0.05) is 43.0 Å². The van der Waals surface area contributed by atoms with E-state index in [1.54, 1.807) is 30.3 Å². The standard InChI is InChI=1S/C23H27NO4/c1-2-17-27-21-15-13-20(14-16-21)24-22(25)11-6-12-23(26)28-18-7-10-19-8-4-3-5-9-19/h2-5,8-9,13-16H,1,6-7,10-12,17-18H2,(H,24,25). The molecule has 0 radical (unpaired) electrons. The number of carbonyl (C=O) groups is 2. The number of amides is 1. The fourth-order valence-corrected chi connectivity index (χ4v) is 2.59. The largest absolute Gasteiger partial charge is 0.490 e. The molecule has 0 aliphatic carbocycles. The smallest absolute Gasteiger partial charge is 0.305 e. The van der Waals surface area contributed by atoms with Gasteiger partial charge in [-0.15, -0.1) is 0 Å². The number of carbonyl (C=O) groups excluding carboxylic acids is 2. The molecule has 0 heterocycles. The molecule has 0 atom stereocenters. The quantitative estimate of drug-likeness (QED) is 0.333. The molecule has 0 saturated heterocycles. The summed E-state index contributed by atoms with van der Waals surface area (Å²) in [6.45, 7) is 4.43. The van der Waals surface area contributed by atoms with Crippen molar-refractivity contribution in [2.24, 2.45) is 0 Å². The van der Waals surface area contributed by atoms with E-state index in [0.717, 1.165) is 12.8 Å². The second-order valence-corrected chi connectivity index (χ2v) is 6.34. The first-order chi connectivity index (χ1) is 13.7. The molecule has 0 bridgehead atoms. The van der Waals surface area contributed by atoms with Gasteiger partial charge in [0.15, 0.2) is 0 Å². The molecular weight excluding hydrogens is 354 g/mol. The molecule has 2 rings (SSSR count). The average molecular weight is 381 g/mol. The van der Waals surface area contributed by atoms with Crippen LogP contribution in [0.1, 0.15) is 31.2 Å². The highest BCUT2D eigenvalue weighted by molar-refractivity contribution is 5.90. The fourth-order valence-electron chi connectivity index (χ4n) is 2.59. The van der Waals surface area contributed by atoms with E-state index in [-0.39, 0.29) is 24.7 Å². The topological polar surface area (TPSA) is 64.6 Å². The number of rotatable bonds is 12. The monoisotopic (exact) mass is 381 g/mol. The van der Waals surface area contributed by atoms with Gasteiger partial charge in [0.1, 0.15) is 12.4 Å². The van der Waals surface area contributed by atoms with E-state index in [2.05, 4.69) is 24.0 Å². The van der Waals surface area contributed by atoms with E-state index in [1.807, 2.05) is 18.2 Å². The summed E-state index contributed by atoms with van der Waals surface area (Å²) in [4.78, 5) is 23.7. The maximum atomic E-state index is 12.0. The van der Waals surface area contributed by atoms with Crippen LogP contribution in [0.4, 0.5) is 5.69 Å². The maximum Gasteiger partial charge on any atom is 0.305 e. The Morgan fingerprint density at radius 1 is 0.964 bits per heavy atom. The van der Waals surface area contributed by atoms with Gasteiger partial charge in [0.25, 0.3) is 0 Å². The van der Waals surface area contributed by atoms with Gasteiger partial charge in [0, 0.05) is 18.5 Å². The van der Waals surface area contributed by atoms with E-state index in [4.69, 9.17) is 9.47 Å². The zero-order valence-corrected chi connectivity index (χ0v) is 16.1. The molecule has 5 nitrogen and oxygen atoms in total. The van der Waals surface area contributed by atoms with Crippen LogP contribution in [0, 0.1) is 0 Å². The highest BCUT2D eigenvalue weighted by Gasteiger charge is 2.07. The van der Waals surface area contributed by atoms with Gasteiger partial charge < -0.3 is 14.8 Å². The van der Waals surface area contributed by atoms with Gasteiger partial charge in [-0.3, -0.25) is 9.59 Å². The van der Waals surface area contributed by atoms with Crippen LogP contribution in [-0.2, 0) is 20.7 Å². The third kappa shape index (κ3) is 8.54. The normalized spacial score (nSPS) is 10.1. The van der Waals surface area contributed by atoms with Gasteiger partial charge in [0.05, 0.1) is 6.61 Å². The second-order valence-electron chi connectivity index (χ2n) is 6.34. The van der Waals surface area contributed by atoms with Crippen molar-refractivity contribution in [3.8, 4) is 5.75 Å². The lowest BCUT2D eigenvalue weighted by Crippen LogP contribution is -2.13. The van der Waals surface area contributed by atoms with Crippen molar-refractivity contribution >= 4 is 17.6 Å². The van der Waals surface area contributed by atoms with Gasteiger partial charge >= 0.3 is 5.97 Å². The van der Waals surface area contributed by atoms with Gasteiger partial charge in [-0.2, -0.15) is 0 Å². The Bertz CT molecular complexity index is 741. The summed E-state index contributed by atoms with van der Waals surface area (Å²) in [5.41, 5.74) is 1.93. The molecule has 5 heteroatoms. The molecule has 1 amide bonds. The first kappa shape index (κ1) is 21.2. The molecule has 1 N–H and O–H groups in total. The lowest BCUT2D eigenvalue weighted by molar-refractivity contribution is -0.143. The Balaban J connectivity index is 1.55. The van der Waals surface area contributed by atoms with Crippen molar-refractivity contribution in [1.82, 2.24) is 0 Å². The summed E-state index contributed by atoms with van der Waals surface area (Å²) in [6, 6.07) is 17.2. The molecule has 0 aromatic heterocycles. The van der Waals surface area contributed by atoms with Crippen molar-refractivity contribution in [3.05, 3.63) is 72.8 Å². The van der Waals surface area contributed by atoms with E-state index in [0.29, 0.717) is 31.1 Å². The fraction of sp³-hybridized carbons (Fsp3) is 0.304. The molecule has 0 unspecified atom stereocenters. The summed E-state index contributed by atoms with van der Waals surface area (Å²) < 4.78 is 10.6. The zero-order valence-electron chi connectivity index (χ0n) is 16.1. The SMILES string of the molecule is C=CCOc1ccc(NC(=O)CCCC(=O)OCCCc2ccccc2)cc1. The first-order valence-electron chi connectivity index (χ1n) is 9.50. The molecule has 2 aromatic carbocycles. The van der Waals surface area contributed by atoms with Gasteiger partial charge in [0.2, 0.25) is 5.91 Å². The van der Waals surface area contributed by atoms with Crippen molar-refractivity contribution < 1.29 is 19.1 Å². The van der Waals surface area contributed by atoms with Crippen LogP contribution in [0.5, 0.6) is 5.75 Å². The summed E-state index contributed by atoms with van der Waals surface area (Å²) in [6.07, 6.45) is 4.32. The van der Waals surface area contributed by atoms with Crippen molar-refractivity contribution in [3.63, 3.8) is 0 Å². The Kier molecular flexibility index (Phi) is 9.35. The average Bonchev–Trinajstić information content (AvgIpc) is 2.71. The molecule has 0 saturated carbocycles. The number of nitrogens with one attached hydrogen (secondary N) is 1. The summed E-state index contributed by atoms with van der Waals surface area (Å²) in [5, 5.41) is 2.80. The number of hydrogen-bond acceptors (Lipinski definition) is 4. The predicted molar refractivity (Wildman–Crippen MR) is 110 cm³/mol. The minimum atomic E-state index is -0.260. The molecule has 148 valence electrons. The van der Waals surface area contributed by atoms with Crippen LogP contribution in [0.3, 0.4) is 0 Å². The Morgan fingerprint density at radius 2 is 1.71 bits per heavy atom. The molecular formula is C23H27NO4. The highest BCUT2D eigenvalue weighted by atomic mass is 16.5. The van der Waals surface area contributed by atoms with E-state index < -0.39 is 0 Å². The third-order valence-electron chi connectivity index (χ3n) is 4.01. The highest BCUT2D eigenvalue weighted by Crippen LogP contribution is 2.16. The summed E-state index contributed by atoms with van der Waals surface area (Å²) in [5.74, 6) is 0.328. The molecule has 0 spiro atoms. The Labute approximate surface area is 166 Å². The van der Waals surface area contributed by atoms with E-state index >= 15 is 0 Å². The van der Waals surface area contributed by atoms with Crippen molar-refractivity contribution in [2.75, 3.05) is 18.5 Å². The van der Waals surface area contributed by atoms with Crippen LogP contribution < -0.4 is 10.1 Å². The Hall–Kier alpha value is -3.08. The van der Waals surface area contributed by atoms with Crippen molar-refractivity contribution in [1.29, 1.82) is 0 Å². The summed E-state index contributed by atoms with van der Waals surface area (Å²) >= 11 is 0. The molecule has 0 aliphatic heterocycles. The van der Waals surface area contributed by atoms with Crippen LogP contribution in [0.25, 0.3) is 0 Å². The number of hydrogen-bond donors (Lipinski definition) is 1. The number of anilines is 1. The van der Waals surface area contributed by atoms with Crippen LogP contribution in [0.15, 0.2) is 67.3 Å². The van der Waals surface area contributed by atoms with Crippen LogP contribution >= 0.6 is 0 Å². The molecule has 2 aromatic rings. The Morgan fingerprint density at radius 3 is 2.43 bits per heavy atom. The molecule has 28 heavy (non-hydrogen) atoms. The molecule has 0 fully saturated rings. The van der Waals surface area contributed by atoms with Crippen molar-refractivity contribution in [2.45, 2.75) is 32.1 Å². The zero-order chi connectivity index (χ0) is 20.0. The van der Waals surface area contributed by atoms with Crippen LogP contribution in [-0.4, -0.2) is 25.1 Å².